The number of carbonyl (C=O) groups excluding carboxylic acids is 4. The van der Waals surface area contributed by atoms with Gasteiger partial charge in [0.05, 0.1) is 0 Å². The quantitative estimate of drug-likeness (QED) is 0.402. The smallest absolute Gasteiger partial charge is 0.339 e. The van der Waals surface area contributed by atoms with Gasteiger partial charge in [-0.1, -0.05) is 12.1 Å². The summed E-state index contributed by atoms with van der Waals surface area (Å²) in [5.41, 5.74) is -0.189. The van der Waals surface area contributed by atoms with Crippen LogP contribution in [0, 0.1) is 0 Å². The highest BCUT2D eigenvalue weighted by Crippen LogP contribution is 2.30. The van der Waals surface area contributed by atoms with E-state index in [0.29, 0.717) is 0 Å². The van der Waals surface area contributed by atoms with Crippen molar-refractivity contribution in [2.45, 2.75) is 58.3 Å². The van der Waals surface area contributed by atoms with E-state index >= 15 is 0 Å². The number of carboxylic acid groups (broad SMARTS) is 1. The van der Waals surface area contributed by atoms with Crippen LogP contribution in [0.5, 0.6) is 5.75 Å². The molecule has 1 aromatic carbocycles. The summed E-state index contributed by atoms with van der Waals surface area (Å²) >= 11 is 0. The Balaban J connectivity index is 2.51. The highest BCUT2D eigenvalue weighted by molar-refractivity contribution is 5.90. The zero-order valence-corrected chi connectivity index (χ0v) is 18.4. The van der Waals surface area contributed by atoms with Gasteiger partial charge in [0.15, 0.2) is 12.2 Å². The maximum Gasteiger partial charge on any atom is 0.339 e. The van der Waals surface area contributed by atoms with Gasteiger partial charge in [0, 0.05) is 27.7 Å². The number of para-hydroxylation sites is 1. The molecule has 2 N–H and O–H groups in total. The normalized spacial score (nSPS) is 24.2. The van der Waals surface area contributed by atoms with Gasteiger partial charge in [-0.05, 0) is 12.1 Å². The number of ether oxygens (including phenoxy) is 5. The molecule has 1 aliphatic heterocycles. The number of nitrogens with one attached hydrogen (secondary N) is 1. The van der Waals surface area contributed by atoms with Crippen molar-refractivity contribution < 1.29 is 52.8 Å². The summed E-state index contributed by atoms with van der Waals surface area (Å²) in [6.45, 7) is 4.18. The topological polar surface area (TPSA) is 164 Å². The third-order valence-electron chi connectivity index (χ3n) is 4.43. The molecular formula is C21H25NO11. The molecule has 12 nitrogen and oxygen atoms in total. The average molecular weight is 467 g/mol. The van der Waals surface area contributed by atoms with Crippen molar-refractivity contribution in [2.75, 3.05) is 6.61 Å². The van der Waals surface area contributed by atoms with E-state index < -0.39 is 67.0 Å². The second kappa shape index (κ2) is 11.3. The van der Waals surface area contributed by atoms with E-state index in [9.17, 15) is 29.1 Å². The summed E-state index contributed by atoms with van der Waals surface area (Å²) < 4.78 is 27.2. The fourth-order valence-corrected chi connectivity index (χ4v) is 3.26. The SMILES string of the molecule is CC(=O)N[C@H]1[C@@H](Oc2ccccc2C(=O)O)O[C@@H](COC(C)=O)[C@@H](OC(C)=O)[C@H]1OC(C)=O. The van der Waals surface area contributed by atoms with Gasteiger partial charge >= 0.3 is 23.9 Å². The van der Waals surface area contributed by atoms with E-state index in [1.54, 1.807) is 0 Å². The number of carbonyl (C=O) groups is 5. The number of carboxylic acids is 1. The first-order valence-corrected chi connectivity index (χ1v) is 9.89. The summed E-state index contributed by atoms with van der Waals surface area (Å²) in [5.74, 6) is -4.08. The third-order valence-corrected chi connectivity index (χ3v) is 4.43. The highest BCUT2D eigenvalue weighted by Gasteiger charge is 2.52. The number of hydrogen-bond donors (Lipinski definition) is 2. The molecule has 12 heteroatoms. The molecule has 0 bridgehead atoms. The molecule has 33 heavy (non-hydrogen) atoms. The van der Waals surface area contributed by atoms with Crippen molar-refractivity contribution in [3.8, 4) is 5.75 Å². The first kappa shape index (κ1) is 25.6. The number of rotatable bonds is 8. The van der Waals surface area contributed by atoms with Gasteiger partial charge in [0.25, 0.3) is 0 Å². The molecule has 5 atom stereocenters. The van der Waals surface area contributed by atoms with Crippen molar-refractivity contribution in [1.29, 1.82) is 0 Å². The first-order chi connectivity index (χ1) is 15.5. The largest absolute Gasteiger partial charge is 0.478 e. The Hall–Kier alpha value is -3.67. The van der Waals surface area contributed by atoms with E-state index in [0.717, 1.165) is 20.8 Å². The zero-order chi connectivity index (χ0) is 24.7. The molecule has 0 aromatic heterocycles. The van der Waals surface area contributed by atoms with Crippen molar-refractivity contribution in [2.24, 2.45) is 0 Å². The molecule has 1 aromatic rings. The molecule has 1 aliphatic rings. The molecule has 0 unspecified atom stereocenters. The Labute approximate surface area is 189 Å². The van der Waals surface area contributed by atoms with Gasteiger partial charge in [-0.15, -0.1) is 0 Å². The lowest BCUT2D eigenvalue weighted by Gasteiger charge is -2.44. The number of benzene rings is 1. The molecular weight excluding hydrogens is 442 g/mol. The summed E-state index contributed by atoms with van der Waals surface area (Å²) in [7, 11) is 0. The maximum absolute atomic E-state index is 11.9. The van der Waals surface area contributed by atoms with Gasteiger partial charge in [-0.2, -0.15) is 0 Å². The lowest BCUT2D eigenvalue weighted by Crippen LogP contribution is -2.67. The molecule has 1 amide bonds. The minimum absolute atomic E-state index is 0.0934. The summed E-state index contributed by atoms with van der Waals surface area (Å²) in [5, 5.41) is 12.0. The van der Waals surface area contributed by atoms with Crippen molar-refractivity contribution in [3.63, 3.8) is 0 Å². The molecule has 180 valence electrons. The summed E-state index contributed by atoms with van der Waals surface area (Å²) in [6, 6.07) is 4.48. The molecule has 2 rings (SSSR count). The van der Waals surface area contributed by atoms with Gasteiger partial charge < -0.3 is 34.1 Å². The van der Waals surface area contributed by atoms with Crippen molar-refractivity contribution >= 4 is 29.8 Å². The Morgan fingerprint density at radius 2 is 1.55 bits per heavy atom. The fraction of sp³-hybridized carbons (Fsp3) is 0.476. The molecule has 1 saturated heterocycles. The summed E-state index contributed by atoms with van der Waals surface area (Å²) in [6.07, 6.45) is -5.18. The van der Waals surface area contributed by atoms with Gasteiger partial charge in [0.2, 0.25) is 12.2 Å². The van der Waals surface area contributed by atoms with Crippen molar-refractivity contribution in [1.82, 2.24) is 5.32 Å². The first-order valence-electron chi connectivity index (χ1n) is 9.89. The zero-order valence-electron chi connectivity index (χ0n) is 18.4. The molecule has 1 heterocycles. The molecule has 0 spiro atoms. The predicted octanol–water partition coefficient (Wildman–Crippen LogP) is 0.420. The second-order valence-electron chi connectivity index (χ2n) is 7.14. The Morgan fingerprint density at radius 1 is 0.939 bits per heavy atom. The Bertz CT molecular complexity index is 915. The standard InChI is InChI=1S/C21H25NO11/c1-10(23)22-17-19(31-13(4)26)18(30-12(3)25)16(9-29-11(2)24)33-21(17)32-15-8-6-5-7-14(15)20(27)28/h5-8,16-19,21H,9H2,1-4H3,(H,22,23)(H,27,28)/t16-,17+,18+,19-,21-/m0/s1. The van der Waals surface area contributed by atoms with Crippen LogP contribution in [0.4, 0.5) is 0 Å². The average Bonchev–Trinajstić information content (AvgIpc) is 2.70. The van der Waals surface area contributed by atoms with Crippen LogP contribution in [-0.4, -0.2) is 72.1 Å². The minimum Gasteiger partial charge on any atom is -0.478 e. The van der Waals surface area contributed by atoms with Crippen LogP contribution in [0.25, 0.3) is 0 Å². The van der Waals surface area contributed by atoms with Gasteiger partial charge in [-0.3, -0.25) is 19.2 Å². The van der Waals surface area contributed by atoms with Gasteiger partial charge in [-0.25, -0.2) is 4.79 Å². The second-order valence-corrected chi connectivity index (χ2v) is 7.14. The van der Waals surface area contributed by atoms with Crippen LogP contribution < -0.4 is 10.1 Å². The van der Waals surface area contributed by atoms with Gasteiger partial charge in [0.1, 0.15) is 30.1 Å². The molecule has 1 fully saturated rings. The van der Waals surface area contributed by atoms with Crippen LogP contribution in [0.15, 0.2) is 24.3 Å². The van der Waals surface area contributed by atoms with Crippen molar-refractivity contribution in [3.05, 3.63) is 29.8 Å². The lowest BCUT2D eigenvalue weighted by atomic mass is 9.96. The van der Waals surface area contributed by atoms with E-state index in [1.807, 2.05) is 0 Å². The minimum atomic E-state index is -1.41. The van der Waals surface area contributed by atoms with Crippen LogP contribution >= 0.6 is 0 Å². The lowest BCUT2D eigenvalue weighted by molar-refractivity contribution is -0.257. The third kappa shape index (κ3) is 7.17. The van der Waals surface area contributed by atoms with E-state index in [1.165, 1.54) is 31.2 Å². The molecule has 0 radical (unpaired) electrons. The van der Waals surface area contributed by atoms with Crippen LogP contribution in [0.3, 0.4) is 0 Å². The summed E-state index contributed by atoms with van der Waals surface area (Å²) in [4.78, 5) is 58.4. The monoisotopic (exact) mass is 467 g/mol. The Kier molecular flexibility index (Phi) is 8.74. The maximum atomic E-state index is 11.9. The van der Waals surface area contributed by atoms with E-state index in [2.05, 4.69) is 5.32 Å². The van der Waals surface area contributed by atoms with E-state index in [4.69, 9.17) is 23.7 Å². The number of hydrogen-bond acceptors (Lipinski definition) is 10. The van der Waals surface area contributed by atoms with E-state index in [-0.39, 0.29) is 11.3 Å². The predicted molar refractivity (Wildman–Crippen MR) is 108 cm³/mol. The van der Waals surface area contributed by atoms with Crippen LogP contribution in [0.2, 0.25) is 0 Å². The molecule has 0 saturated carbocycles. The number of aromatic carboxylic acids is 1. The Morgan fingerprint density at radius 3 is 2.09 bits per heavy atom. The van der Waals surface area contributed by atoms with Crippen LogP contribution in [-0.2, 0) is 38.1 Å². The highest BCUT2D eigenvalue weighted by atomic mass is 16.7. The fourth-order valence-electron chi connectivity index (χ4n) is 3.26. The number of esters is 3. The van der Waals surface area contributed by atoms with Crippen LogP contribution in [0.1, 0.15) is 38.1 Å². The number of amides is 1. The molecule has 0 aliphatic carbocycles.